The molecule has 0 atom stereocenters. The molecule has 0 saturated carbocycles. The maximum atomic E-state index is 12.6. The lowest BCUT2D eigenvalue weighted by molar-refractivity contribution is -0.684. The number of anilines is 1. The second-order valence-electron chi connectivity index (χ2n) is 7.56. The first-order chi connectivity index (χ1) is 13.5. The van der Waals surface area contributed by atoms with Crippen LogP contribution in [-0.2, 0) is 34.2 Å². The van der Waals surface area contributed by atoms with Crippen molar-refractivity contribution in [1.29, 1.82) is 0 Å². The summed E-state index contributed by atoms with van der Waals surface area (Å²) >= 11 is 0. The van der Waals surface area contributed by atoms with Gasteiger partial charge in [-0.25, -0.2) is 8.42 Å². The largest absolute Gasteiger partial charge is 0.321 e. The summed E-state index contributed by atoms with van der Waals surface area (Å²) in [5.41, 5.74) is 3.32. The highest BCUT2D eigenvalue weighted by molar-refractivity contribution is 7.89. The van der Waals surface area contributed by atoms with Gasteiger partial charge >= 0.3 is 0 Å². The smallest absolute Gasteiger partial charge is 0.290 e. The Labute approximate surface area is 166 Å². The van der Waals surface area contributed by atoms with Gasteiger partial charge in [-0.05, 0) is 68.4 Å². The van der Waals surface area contributed by atoms with E-state index >= 15 is 0 Å². The fourth-order valence-electron chi connectivity index (χ4n) is 3.97. The van der Waals surface area contributed by atoms with Crippen molar-refractivity contribution in [2.75, 3.05) is 18.4 Å². The summed E-state index contributed by atoms with van der Waals surface area (Å²) in [6, 6.07) is 8.54. The number of pyridine rings is 1. The zero-order chi connectivity index (χ0) is 19.6. The standard InChI is InChI=1S/C21H25N3O3S/c25-21(16-23-14-11-17-5-1-2-6-18(17)15-23)22-19-7-9-20(10-8-19)28(26,27)24-12-3-4-13-24/h7-11,14-15H,1-6,12-13,16H2/p+1. The summed E-state index contributed by atoms with van der Waals surface area (Å²) in [6.07, 6.45) is 10.5. The maximum absolute atomic E-state index is 12.6. The average molecular weight is 401 g/mol. The zero-order valence-electron chi connectivity index (χ0n) is 15.9. The molecule has 1 aromatic heterocycles. The van der Waals surface area contributed by atoms with Gasteiger partial charge in [-0.3, -0.25) is 4.79 Å². The lowest BCUT2D eigenvalue weighted by atomic mass is 9.93. The number of nitrogens with zero attached hydrogens (tertiary/aromatic N) is 2. The minimum Gasteiger partial charge on any atom is -0.321 e. The predicted molar refractivity (Wildman–Crippen MR) is 106 cm³/mol. The van der Waals surface area contributed by atoms with Gasteiger partial charge in [-0.15, -0.1) is 0 Å². The number of amides is 1. The van der Waals surface area contributed by atoms with E-state index in [9.17, 15) is 13.2 Å². The summed E-state index contributed by atoms with van der Waals surface area (Å²) in [7, 11) is -3.42. The van der Waals surface area contributed by atoms with Gasteiger partial charge < -0.3 is 5.32 Å². The Kier molecular flexibility index (Phi) is 5.46. The fraction of sp³-hybridized carbons (Fsp3) is 0.429. The van der Waals surface area contributed by atoms with Crippen molar-refractivity contribution in [3.63, 3.8) is 0 Å². The first-order valence-electron chi connectivity index (χ1n) is 9.93. The summed E-state index contributed by atoms with van der Waals surface area (Å²) in [5.74, 6) is -0.129. The molecule has 0 bridgehead atoms. The van der Waals surface area contributed by atoms with Crippen molar-refractivity contribution in [3.05, 3.63) is 53.9 Å². The minimum atomic E-state index is -3.42. The molecule has 1 fully saturated rings. The molecule has 28 heavy (non-hydrogen) atoms. The molecule has 7 heteroatoms. The van der Waals surface area contributed by atoms with Gasteiger partial charge in [0, 0.05) is 30.4 Å². The molecular weight excluding hydrogens is 374 g/mol. The summed E-state index contributed by atoms with van der Waals surface area (Å²) < 4.78 is 28.6. The van der Waals surface area contributed by atoms with Crippen LogP contribution in [0.3, 0.4) is 0 Å². The number of sulfonamides is 1. The second-order valence-corrected chi connectivity index (χ2v) is 9.50. The van der Waals surface area contributed by atoms with Gasteiger partial charge in [0.1, 0.15) is 0 Å². The van der Waals surface area contributed by atoms with E-state index < -0.39 is 10.0 Å². The number of aryl methyl sites for hydroxylation is 2. The van der Waals surface area contributed by atoms with Gasteiger partial charge in [0.25, 0.3) is 5.91 Å². The molecule has 1 aliphatic heterocycles. The van der Waals surface area contributed by atoms with E-state index in [0.29, 0.717) is 18.8 Å². The lowest BCUT2D eigenvalue weighted by Crippen LogP contribution is -2.40. The molecular formula is C21H26N3O3S+. The maximum Gasteiger partial charge on any atom is 0.290 e. The number of hydrogen-bond acceptors (Lipinski definition) is 3. The predicted octanol–water partition coefficient (Wildman–Crippen LogP) is 2.28. The Morgan fingerprint density at radius 3 is 2.36 bits per heavy atom. The highest BCUT2D eigenvalue weighted by Crippen LogP contribution is 2.22. The zero-order valence-corrected chi connectivity index (χ0v) is 16.7. The molecule has 2 aliphatic rings. The van der Waals surface area contributed by atoms with Crippen LogP contribution in [0.5, 0.6) is 0 Å². The van der Waals surface area contributed by atoms with Gasteiger partial charge in [-0.1, -0.05) is 0 Å². The van der Waals surface area contributed by atoms with E-state index in [4.69, 9.17) is 0 Å². The molecule has 0 unspecified atom stereocenters. The molecule has 4 rings (SSSR count). The third kappa shape index (κ3) is 4.10. The van der Waals surface area contributed by atoms with Crippen LogP contribution >= 0.6 is 0 Å². The van der Waals surface area contributed by atoms with E-state index in [1.54, 1.807) is 24.3 Å². The van der Waals surface area contributed by atoms with Crippen molar-refractivity contribution in [1.82, 2.24) is 4.31 Å². The second kappa shape index (κ2) is 8.01. The molecule has 2 aromatic rings. The van der Waals surface area contributed by atoms with E-state index in [1.807, 2.05) is 10.8 Å². The summed E-state index contributed by atoms with van der Waals surface area (Å²) in [5, 5.41) is 2.85. The van der Waals surface area contributed by atoms with Crippen molar-refractivity contribution >= 4 is 21.6 Å². The van der Waals surface area contributed by atoms with Crippen LogP contribution in [0.15, 0.2) is 47.6 Å². The lowest BCUT2D eigenvalue weighted by Gasteiger charge is -2.15. The number of hydrogen-bond donors (Lipinski definition) is 1. The first-order valence-corrected chi connectivity index (χ1v) is 11.4. The van der Waals surface area contributed by atoms with Crippen molar-refractivity contribution in [3.8, 4) is 0 Å². The quantitative estimate of drug-likeness (QED) is 0.783. The fourth-order valence-corrected chi connectivity index (χ4v) is 5.49. The number of carbonyl (C=O) groups is 1. The van der Waals surface area contributed by atoms with Crippen LogP contribution < -0.4 is 9.88 Å². The SMILES string of the molecule is O=C(C[n+]1ccc2c(c1)CCCC2)Nc1ccc(S(=O)(=O)N2CCCC2)cc1. The Balaban J connectivity index is 1.39. The van der Waals surface area contributed by atoms with E-state index in [2.05, 4.69) is 17.6 Å². The van der Waals surface area contributed by atoms with E-state index in [0.717, 1.165) is 25.7 Å². The Bertz CT molecular complexity index is 965. The monoisotopic (exact) mass is 400 g/mol. The Morgan fingerprint density at radius 2 is 1.64 bits per heavy atom. The van der Waals surface area contributed by atoms with Gasteiger partial charge in [0.05, 0.1) is 4.90 Å². The molecule has 1 N–H and O–H groups in total. The number of fused-ring (bicyclic) bond motifs is 1. The van der Waals surface area contributed by atoms with Gasteiger partial charge in [-0.2, -0.15) is 8.87 Å². The normalized spacial score (nSPS) is 17.3. The van der Waals surface area contributed by atoms with E-state index in [1.165, 1.54) is 28.3 Å². The molecule has 1 aliphatic carbocycles. The molecule has 0 radical (unpaired) electrons. The molecule has 148 valence electrons. The summed E-state index contributed by atoms with van der Waals surface area (Å²) in [6.45, 7) is 1.40. The Hall–Kier alpha value is -2.25. The summed E-state index contributed by atoms with van der Waals surface area (Å²) in [4.78, 5) is 12.7. The molecule has 6 nitrogen and oxygen atoms in total. The number of carbonyl (C=O) groups excluding carboxylic acids is 1. The average Bonchev–Trinajstić information content (AvgIpc) is 3.24. The first kappa shape index (κ1) is 19.1. The molecule has 2 heterocycles. The van der Waals surface area contributed by atoms with Crippen molar-refractivity contribution < 1.29 is 17.8 Å². The third-order valence-electron chi connectivity index (χ3n) is 5.51. The van der Waals surface area contributed by atoms with E-state index in [-0.39, 0.29) is 17.3 Å². The van der Waals surface area contributed by atoms with Crippen LogP contribution in [0.1, 0.15) is 36.8 Å². The topological polar surface area (TPSA) is 70.4 Å². The highest BCUT2D eigenvalue weighted by Gasteiger charge is 2.27. The number of nitrogens with one attached hydrogen (secondary N) is 1. The van der Waals surface area contributed by atoms with Gasteiger partial charge in [0.15, 0.2) is 12.4 Å². The molecule has 1 amide bonds. The Morgan fingerprint density at radius 1 is 0.964 bits per heavy atom. The number of benzene rings is 1. The van der Waals surface area contributed by atoms with Crippen LogP contribution in [-0.4, -0.2) is 31.7 Å². The van der Waals surface area contributed by atoms with Crippen LogP contribution in [0.25, 0.3) is 0 Å². The van der Waals surface area contributed by atoms with Crippen LogP contribution in [0, 0.1) is 0 Å². The van der Waals surface area contributed by atoms with Crippen molar-refractivity contribution in [2.45, 2.75) is 50.0 Å². The molecule has 1 saturated heterocycles. The molecule has 0 spiro atoms. The number of rotatable bonds is 5. The third-order valence-corrected chi connectivity index (χ3v) is 7.42. The highest BCUT2D eigenvalue weighted by atomic mass is 32.2. The van der Waals surface area contributed by atoms with Gasteiger partial charge in [0.2, 0.25) is 16.6 Å². The number of aromatic nitrogens is 1. The van der Waals surface area contributed by atoms with Crippen LogP contribution in [0.4, 0.5) is 5.69 Å². The minimum absolute atomic E-state index is 0.129. The molecule has 1 aromatic carbocycles. The van der Waals surface area contributed by atoms with Crippen molar-refractivity contribution in [2.24, 2.45) is 0 Å². The van der Waals surface area contributed by atoms with Crippen LogP contribution in [0.2, 0.25) is 0 Å².